The van der Waals surface area contributed by atoms with E-state index in [0.717, 1.165) is 44.2 Å². The molecule has 0 bridgehead atoms. The molecule has 1 aromatic heterocycles. The molecule has 2 heterocycles. The maximum atomic E-state index is 5.88. The van der Waals surface area contributed by atoms with Crippen LogP contribution in [0.3, 0.4) is 0 Å². The van der Waals surface area contributed by atoms with Gasteiger partial charge in [0.05, 0.1) is 0 Å². The lowest BCUT2D eigenvalue weighted by Crippen LogP contribution is -2.42. The molecule has 1 aliphatic heterocycles. The molecule has 1 saturated carbocycles. The summed E-state index contributed by atoms with van der Waals surface area (Å²) in [6.45, 7) is 9.78. The normalized spacial score (nSPS) is 28.0. The summed E-state index contributed by atoms with van der Waals surface area (Å²) in [6, 6.07) is 0. The smallest absolute Gasteiger partial charge is 0.244 e. The summed E-state index contributed by atoms with van der Waals surface area (Å²) in [5, 5.41) is 7.69. The monoisotopic (exact) mass is 291 g/mol. The second kappa shape index (κ2) is 5.27. The molecule has 1 saturated heterocycles. The third-order valence-electron chi connectivity index (χ3n) is 5.82. The Kier molecular flexibility index (Phi) is 3.72. The number of nitrogens with one attached hydrogen (secondary N) is 1. The first-order valence-corrected chi connectivity index (χ1v) is 8.31. The van der Waals surface area contributed by atoms with Gasteiger partial charge in [0, 0.05) is 19.0 Å². The van der Waals surface area contributed by atoms with E-state index in [2.05, 4.69) is 35.9 Å². The molecule has 2 aliphatic rings. The van der Waals surface area contributed by atoms with Gasteiger partial charge >= 0.3 is 0 Å². The Hall–Kier alpha value is -1.10. The summed E-state index contributed by atoms with van der Waals surface area (Å²) in [5.41, 5.74) is 6.52. The van der Waals surface area contributed by atoms with Gasteiger partial charge in [0.15, 0.2) is 0 Å². The van der Waals surface area contributed by atoms with Crippen LogP contribution in [0, 0.1) is 10.8 Å². The molecular formula is C16H29N5. The number of nitrogens with two attached hydrogens (primary N) is 1. The Morgan fingerprint density at radius 3 is 2.52 bits per heavy atom. The number of hydrogen-bond acceptors (Lipinski definition) is 4. The van der Waals surface area contributed by atoms with Gasteiger partial charge in [-0.1, -0.05) is 27.2 Å². The summed E-state index contributed by atoms with van der Waals surface area (Å²) < 4.78 is 0. The van der Waals surface area contributed by atoms with Gasteiger partial charge in [0.25, 0.3) is 0 Å². The van der Waals surface area contributed by atoms with Gasteiger partial charge in [0.2, 0.25) is 5.95 Å². The SMILES string of the molecule is CC1(CN)CCN(c2n[nH]c(C3CCCC3(C)C)n2)CC1. The average Bonchev–Trinajstić information content (AvgIpc) is 3.05. The molecule has 1 unspecified atom stereocenters. The summed E-state index contributed by atoms with van der Waals surface area (Å²) in [4.78, 5) is 7.12. The molecule has 1 atom stereocenters. The molecule has 0 aromatic carbocycles. The molecule has 118 valence electrons. The van der Waals surface area contributed by atoms with E-state index in [1.165, 1.54) is 19.3 Å². The minimum atomic E-state index is 0.295. The highest BCUT2D eigenvalue weighted by atomic mass is 15.4. The van der Waals surface area contributed by atoms with Crippen LogP contribution in [0.5, 0.6) is 0 Å². The number of aromatic amines is 1. The Labute approximate surface area is 127 Å². The predicted molar refractivity (Wildman–Crippen MR) is 85.4 cm³/mol. The first kappa shape index (κ1) is 14.8. The highest BCUT2D eigenvalue weighted by Gasteiger charge is 2.38. The lowest BCUT2D eigenvalue weighted by Gasteiger charge is -2.38. The fraction of sp³-hybridized carbons (Fsp3) is 0.875. The quantitative estimate of drug-likeness (QED) is 0.898. The van der Waals surface area contributed by atoms with Crippen LogP contribution >= 0.6 is 0 Å². The molecule has 3 N–H and O–H groups in total. The molecule has 1 aliphatic carbocycles. The van der Waals surface area contributed by atoms with Gasteiger partial charge in [0.1, 0.15) is 5.82 Å². The molecule has 3 rings (SSSR count). The lowest BCUT2D eigenvalue weighted by molar-refractivity contribution is 0.257. The van der Waals surface area contributed by atoms with E-state index < -0.39 is 0 Å². The average molecular weight is 291 g/mol. The first-order chi connectivity index (χ1) is 9.93. The first-order valence-electron chi connectivity index (χ1n) is 8.31. The maximum Gasteiger partial charge on any atom is 0.244 e. The largest absolute Gasteiger partial charge is 0.340 e. The lowest BCUT2D eigenvalue weighted by atomic mass is 9.80. The van der Waals surface area contributed by atoms with Crippen LogP contribution in [0.25, 0.3) is 0 Å². The van der Waals surface area contributed by atoms with E-state index in [4.69, 9.17) is 10.7 Å². The minimum absolute atomic E-state index is 0.295. The fourth-order valence-corrected chi connectivity index (χ4v) is 3.85. The van der Waals surface area contributed by atoms with Crippen LogP contribution in [0.1, 0.15) is 64.6 Å². The second-order valence-corrected chi connectivity index (χ2v) is 7.96. The molecular weight excluding hydrogens is 262 g/mol. The third-order valence-corrected chi connectivity index (χ3v) is 5.82. The van der Waals surface area contributed by atoms with Gasteiger partial charge < -0.3 is 10.6 Å². The number of hydrogen-bond donors (Lipinski definition) is 2. The Morgan fingerprint density at radius 2 is 1.95 bits per heavy atom. The minimum Gasteiger partial charge on any atom is -0.340 e. The van der Waals surface area contributed by atoms with Crippen molar-refractivity contribution in [1.29, 1.82) is 0 Å². The van der Waals surface area contributed by atoms with E-state index in [9.17, 15) is 0 Å². The van der Waals surface area contributed by atoms with Crippen LogP contribution < -0.4 is 10.6 Å². The van der Waals surface area contributed by atoms with Crippen molar-refractivity contribution in [2.45, 2.75) is 58.8 Å². The van der Waals surface area contributed by atoms with Crippen LogP contribution in [0.15, 0.2) is 0 Å². The van der Waals surface area contributed by atoms with E-state index in [1.807, 2.05) is 0 Å². The molecule has 0 spiro atoms. The Morgan fingerprint density at radius 1 is 1.24 bits per heavy atom. The standard InChI is InChI=1S/C16H29N5/c1-15(2)6-4-5-12(15)13-18-14(20-19-13)21-9-7-16(3,11-17)8-10-21/h12H,4-11,17H2,1-3H3,(H,18,19,20). The predicted octanol–water partition coefficient (Wildman–Crippen LogP) is 2.66. The molecule has 0 radical (unpaired) electrons. The van der Waals surface area contributed by atoms with Gasteiger partial charge in [-0.2, -0.15) is 4.98 Å². The van der Waals surface area contributed by atoms with E-state index >= 15 is 0 Å². The van der Waals surface area contributed by atoms with Crippen molar-refractivity contribution in [1.82, 2.24) is 15.2 Å². The molecule has 21 heavy (non-hydrogen) atoms. The number of anilines is 1. The highest BCUT2D eigenvalue weighted by Crippen LogP contribution is 2.47. The summed E-state index contributed by atoms with van der Waals surface area (Å²) in [5.74, 6) is 2.49. The second-order valence-electron chi connectivity index (χ2n) is 7.96. The molecule has 0 amide bonds. The molecule has 5 heteroatoms. The third kappa shape index (κ3) is 2.80. The number of aromatic nitrogens is 3. The fourth-order valence-electron chi connectivity index (χ4n) is 3.85. The van der Waals surface area contributed by atoms with Crippen LogP contribution in [0.2, 0.25) is 0 Å². The van der Waals surface area contributed by atoms with Crippen LogP contribution in [0.4, 0.5) is 5.95 Å². The summed E-state index contributed by atoms with van der Waals surface area (Å²) in [6.07, 6.45) is 6.07. The zero-order valence-electron chi connectivity index (χ0n) is 13.7. The van der Waals surface area contributed by atoms with Gasteiger partial charge in [-0.25, -0.2) is 0 Å². The molecule has 5 nitrogen and oxygen atoms in total. The van der Waals surface area contributed by atoms with Gasteiger partial charge in [-0.05, 0) is 43.1 Å². The van der Waals surface area contributed by atoms with Crippen molar-refractivity contribution in [2.75, 3.05) is 24.5 Å². The Balaban J connectivity index is 1.69. The van der Waals surface area contributed by atoms with Crippen LogP contribution in [-0.4, -0.2) is 34.8 Å². The molecule has 1 aromatic rings. The molecule has 2 fully saturated rings. The Bertz CT molecular complexity index is 485. The van der Waals surface area contributed by atoms with Crippen molar-refractivity contribution < 1.29 is 0 Å². The zero-order chi connectivity index (χ0) is 15.1. The van der Waals surface area contributed by atoms with Crippen LogP contribution in [-0.2, 0) is 0 Å². The van der Waals surface area contributed by atoms with Gasteiger partial charge in [-0.15, -0.1) is 5.10 Å². The highest BCUT2D eigenvalue weighted by molar-refractivity contribution is 5.30. The number of rotatable bonds is 3. The summed E-state index contributed by atoms with van der Waals surface area (Å²) >= 11 is 0. The van der Waals surface area contributed by atoms with Crippen molar-refractivity contribution in [2.24, 2.45) is 16.6 Å². The van der Waals surface area contributed by atoms with Crippen molar-refractivity contribution in [3.63, 3.8) is 0 Å². The van der Waals surface area contributed by atoms with E-state index in [1.54, 1.807) is 0 Å². The van der Waals surface area contributed by atoms with Gasteiger partial charge in [-0.3, -0.25) is 5.10 Å². The zero-order valence-corrected chi connectivity index (χ0v) is 13.7. The van der Waals surface area contributed by atoms with E-state index in [0.29, 0.717) is 16.7 Å². The van der Waals surface area contributed by atoms with E-state index in [-0.39, 0.29) is 0 Å². The number of H-pyrrole nitrogens is 1. The van der Waals surface area contributed by atoms with Crippen molar-refractivity contribution >= 4 is 5.95 Å². The summed E-state index contributed by atoms with van der Waals surface area (Å²) in [7, 11) is 0. The number of nitrogens with zero attached hydrogens (tertiary/aromatic N) is 3. The number of piperidine rings is 1. The van der Waals surface area contributed by atoms with Crippen molar-refractivity contribution in [3.05, 3.63) is 5.82 Å². The topological polar surface area (TPSA) is 70.8 Å². The van der Waals surface area contributed by atoms with Crippen molar-refractivity contribution in [3.8, 4) is 0 Å². The maximum absolute atomic E-state index is 5.88.